The topological polar surface area (TPSA) is 90.1 Å². The van der Waals surface area contributed by atoms with Crippen LogP contribution in [0.5, 0.6) is 0 Å². The Hall–Kier alpha value is -3.16. The molecule has 168 valence electrons. The van der Waals surface area contributed by atoms with E-state index in [1.54, 1.807) is 30.3 Å². The Balaban J connectivity index is 0.00000289. The molecule has 1 aliphatic heterocycles. The lowest BCUT2D eigenvalue weighted by atomic mass is 10.1. The smallest absolute Gasteiger partial charge is 0.246 e. The number of fused-ring (bicyclic) bond motifs is 2. The standard InChI is InChI=1S/C24H27N5O2.ClH/c1-15(20-12-17-7-5-6-8-19(17)27-20)29(4)21(30)10-9-16-11-18-14-26-24(2,3)23(31)28-22(18)25-13-16;/h5-13,15,26-27H,14H2,1-4H3,(H,25,28,31);1H. The number of anilines is 1. The van der Waals surface area contributed by atoms with Crippen molar-refractivity contribution in [3.05, 3.63) is 65.5 Å². The van der Waals surface area contributed by atoms with E-state index in [0.29, 0.717) is 12.4 Å². The second-order valence-electron chi connectivity index (χ2n) is 8.48. The average Bonchev–Trinajstić information content (AvgIpc) is 3.15. The first kappa shape index (κ1) is 23.5. The summed E-state index contributed by atoms with van der Waals surface area (Å²) in [5.41, 5.74) is 3.05. The minimum atomic E-state index is -0.672. The van der Waals surface area contributed by atoms with Gasteiger partial charge in [0.25, 0.3) is 0 Å². The van der Waals surface area contributed by atoms with Gasteiger partial charge < -0.3 is 15.2 Å². The Bertz CT molecular complexity index is 1150. The maximum Gasteiger partial charge on any atom is 0.246 e. The number of amides is 2. The fourth-order valence-electron chi connectivity index (χ4n) is 3.53. The van der Waals surface area contributed by atoms with Crippen LogP contribution in [0, 0.1) is 0 Å². The van der Waals surface area contributed by atoms with Crippen molar-refractivity contribution in [2.75, 3.05) is 12.4 Å². The first-order valence-corrected chi connectivity index (χ1v) is 10.3. The number of hydrogen-bond donors (Lipinski definition) is 3. The first-order chi connectivity index (χ1) is 14.7. The van der Waals surface area contributed by atoms with Crippen molar-refractivity contribution in [3.63, 3.8) is 0 Å². The van der Waals surface area contributed by atoms with Crippen molar-refractivity contribution in [1.29, 1.82) is 0 Å². The van der Waals surface area contributed by atoms with Gasteiger partial charge in [0, 0.05) is 42.6 Å². The summed E-state index contributed by atoms with van der Waals surface area (Å²) >= 11 is 0. The molecule has 1 aromatic carbocycles. The van der Waals surface area contributed by atoms with Crippen LogP contribution in [0.15, 0.2) is 48.7 Å². The Labute approximate surface area is 193 Å². The van der Waals surface area contributed by atoms with E-state index in [1.807, 2.05) is 51.1 Å². The number of carbonyl (C=O) groups is 2. The van der Waals surface area contributed by atoms with Crippen molar-refractivity contribution < 1.29 is 9.59 Å². The van der Waals surface area contributed by atoms with Gasteiger partial charge in [-0.3, -0.25) is 14.9 Å². The van der Waals surface area contributed by atoms with Crippen LogP contribution in [-0.2, 0) is 16.1 Å². The maximum absolute atomic E-state index is 12.8. The van der Waals surface area contributed by atoms with Gasteiger partial charge in [-0.15, -0.1) is 12.4 Å². The van der Waals surface area contributed by atoms with Crippen molar-refractivity contribution in [2.45, 2.75) is 38.9 Å². The second-order valence-corrected chi connectivity index (χ2v) is 8.48. The Morgan fingerprint density at radius 3 is 2.75 bits per heavy atom. The molecule has 0 spiro atoms. The highest BCUT2D eigenvalue weighted by Gasteiger charge is 2.30. The highest BCUT2D eigenvalue weighted by atomic mass is 35.5. The summed E-state index contributed by atoms with van der Waals surface area (Å²) in [4.78, 5) is 34.4. The molecule has 1 aliphatic rings. The van der Waals surface area contributed by atoms with Crippen LogP contribution in [0.3, 0.4) is 0 Å². The molecule has 1 unspecified atom stereocenters. The third kappa shape index (κ3) is 4.69. The Kier molecular flexibility index (Phi) is 6.71. The number of nitrogens with zero attached hydrogens (tertiary/aromatic N) is 2. The molecular weight excluding hydrogens is 426 g/mol. The van der Waals surface area contributed by atoms with Crippen molar-refractivity contribution in [3.8, 4) is 0 Å². The summed E-state index contributed by atoms with van der Waals surface area (Å²) in [6.07, 6.45) is 4.96. The maximum atomic E-state index is 12.8. The van der Waals surface area contributed by atoms with Gasteiger partial charge in [0.1, 0.15) is 5.82 Å². The molecule has 0 aliphatic carbocycles. The van der Waals surface area contributed by atoms with E-state index >= 15 is 0 Å². The van der Waals surface area contributed by atoms with E-state index in [0.717, 1.165) is 27.7 Å². The molecule has 0 radical (unpaired) electrons. The van der Waals surface area contributed by atoms with Crippen LogP contribution < -0.4 is 10.6 Å². The number of rotatable bonds is 4. The quantitative estimate of drug-likeness (QED) is 0.520. The van der Waals surface area contributed by atoms with Gasteiger partial charge in [-0.25, -0.2) is 4.98 Å². The predicted octanol–water partition coefficient (Wildman–Crippen LogP) is 4.04. The minimum Gasteiger partial charge on any atom is -0.357 e. The molecule has 32 heavy (non-hydrogen) atoms. The van der Waals surface area contributed by atoms with Gasteiger partial charge in [0.15, 0.2) is 0 Å². The molecule has 1 atom stereocenters. The Morgan fingerprint density at radius 1 is 1.25 bits per heavy atom. The molecular formula is C24H28ClN5O2. The number of carbonyl (C=O) groups excluding carboxylic acids is 2. The first-order valence-electron chi connectivity index (χ1n) is 10.3. The van der Waals surface area contributed by atoms with E-state index < -0.39 is 5.54 Å². The molecule has 0 saturated carbocycles. The Morgan fingerprint density at radius 2 is 2.00 bits per heavy atom. The molecule has 3 heterocycles. The van der Waals surface area contributed by atoms with E-state index in [1.165, 1.54) is 0 Å². The van der Waals surface area contributed by atoms with Crippen LogP contribution in [0.1, 0.15) is 43.6 Å². The van der Waals surface area contributed by atoms with Crippen LogP contribution >= 0.6 is 12.4 Å². The van der Waals surface area contributed by atoms with Gasteiger partial charge in [-0.05, 0) is 56.0 Å². The summed E-state index contributed by atoms with van der Waals surface area (Å²) in [6, 6.07) is 12.0. The lowest BCUT2D eigenvalue weighted by Crippen LogP contribution is -2.47. The number of para-hydroxylation sites is 1. The van der Waals surface area contributed by atoms with Crippen molar-refractivity contribution in [2.24, 2.45) is 0 Å². The van der Waals surface area contributed by atoms with Gasteiger partial charge in [0.2, 0.25) is 11.8 Å². The number of aromatic nitrogens is 2. The fourth-order valence-corrected chi connectivity index (χ4v) is 3.53. The average molecular weight is 454 g/mol. The van der Waals surface area contributed by atoms with E-state index in [2.05, 4.69) is 26.7 Å². The monoisotopic (exact) mass is 453 g/mol. The summed E-state index contributed by atoms with van der Waals surface area (Å²) in [7, 11) is 1.79. The molecule has 0 fully saturated rings. The lowest BCUT2D eigenvalue weighted by Gasteiger charge is -2.22. The predicted molar refractivity (Wildman–Crippen MR) is 130 cm³/mol. The van der Waals surface area contributed by atoms with E-state index in [4.69, 9.17) is 0 Å². The molecule has 3 N–H and O–H groups in total. The molecule has 3 aromatic rings. The normalized spacial score (nSPS) is 16.1. The van der Waals surface area contributed by atoms with Crippen molar-refractivity contribution >= 4 is 47.0 Å². The molecule has 4 rings (SSSR count). The van der Waals surface area contributed by atoms with Crippen LogP contribution in [0.25, 0.3) is 17.0 Å². The lowest BCUT2D eigenvalue weighted by molar-refractivity contribution is -0.126. The summed E-state index contributed by atoms with van der Waals surface area (Å²) in [5, 5.41) is 7.20. The van der Waals surface area contributed by atoms with Gasteiger partial charge in [-0.1, -0.05) is 18.2 Å². The van der Waals surface area contributed by atoms with Crippen LogP contribution in [0.4, 0.5) is 5.82 Å². The highest BCUT2D eigenvalue weighted by Crippen LogP contribution is 2.24. The zero-order valence-corrected chi connectivity index (χ0v) is 19.4. The van der Waals surface area contributed by atoms with Crippen molar-refractivity contribution in [1.82, 2.24) is 20.2 Å². The molecule has 0 bridgehead atoms. The number of nitrogens with one attached hydrogen (secondary N) is 3. The molecule has 0 saturated heterocycles. The number of hydrogen-bond acceptors (Lipinski definition) is 4. The number of likely N-dealkylation sites (N-methyl/N-ethyl adjacent to an activating group) is 1. The number of pyridine rings is 1. The minimum absolute atomic E-state index is 0. The van der Waals surface area contributed by atoms with Gasteiger partial charge >= 0.3 is 0 Å². The number of halogens is 1. The van der Waals surface area contributed by atoms with E-state index in [9.17, 15) is 9.59 Å². The van der Waals surface area contributed by atoms with Crippen LogP contribution in [-0.4, -0.2) is 39.3 Å². The van der Waals surface area contributed by atoms with E-state index in [-0.39, 0.29) is 30.3 Å². The summed E-state index contributed by atoms with van der Waals surface area (Å²) in [5.74, 6) is 0.328. The second kappa shape index (κ2) is 9.14. The number of aromatic amines is 1. The summed E-state index contributed by atoms with van der Waals surface area (Å²) < 4.78 is 0. The molecule has 8 heteroatoms. The largest absolute Gasteiger partial charge is 0.357 e. The van der Waals surface area contributed by atoms with Gasteiger partial charge in [0.05, 0.1) is 11.6 Å². The molecule has 7 nitrogen and oxygen atoms in total. The fraction of sp³-hybridized carbons (Fsp3) is 0.292. The van der Waals surface area contributed by atoms with Crippen LogP contribution in [0.2, 0.25) is 0 Å². The number of benzene rings is 1. The summed E-state index contributed by atoms with van der Waals surface area (Å²) in [6.45, 7) is 6.17. The third-order valence-corrected chi connectivity index (χ3v) is 5.86. The third-order valence-electron chi connectivity index (χ3n) is 5.86. The number of H-pyrrole nitrogens is 1. The molecule has 2 amide bonds. The van der Waals surface area contributed by atoms with Gasteiger partial charge in [-0.2, -0.15) is 0 Å². The zero-order valence-electron chi connectivity index (χ0n) is 18.6. The SMILES string of the molecule is CC(c1cc2ccccc2[nH]1)N(C)C(=O)C=Cc1cnc2c(c1)CNC(C)(C)C(=O)N2.Cl. The zero-order chi connectivity index (χ0) is 22.2. The highest BCUT2D eigenvalue weighted by molar-refractivity contribution is 5.98. The molecule has 2 aromatic heterocycles.